The molecule has 4 atom stereocenters. The Balaban J connectivity index is 2.22. The van der Waals surface area contributed by atoms with Gasteiger partial charge in [-0.25, -0.2) is 14.3 Å². The van der Waals surface area contributed by atoms with E-state index in [4.69, 9.17) is 16.9 Å². The molecule has 0 saturated carbocycles. The number of rotatable bonds is 3. The third-order valence-corrected chi connectivity index (χ3v) is 3.75. The first kappa shape index (κ1) is 15.4. The van der Waals surface area contributed by atoms with Crippen LogP contribution in [0.5, 0.6) is 0 Å². The van der Waals surface area contributed by atoms with E-state index in [9.17, 15) is 20.1 Å². The number of nitrogens with zero attached hydrogens (tertiary/aromatic N) is 4. The summed E-state index contributed by atoms with van der Waals surface area (Å²) in [6, 6.07) is 0. The largest absolute Gasteiger partial charge is 0.394 e. The number of aromatic nitrogens is 4. The first-order chi connectivity index (χ1) is 11.0. The molecule has 10 nitrogen and oxygen atoms in total. The van der Waals surface area contributed by atoms with Crippen LogP contribution in [-0.2, 0) is 11.3 Å². The Morgan fingerprint density at radius 1 is 1.43 bits per heavy atom. The molecule has 1 aliphatic heterocycles. The minimum Gasteiger partial charge on any atom is -0.394 e. The molecule has 0 spiro atoms. The maximum atomic E-state index is 12.6. The molecular weight excluding hydrogens is 306 g/mol. The number of ether oxygens (including phenoxy) is 1. The monoisotopic (exact) mass is 321 g/mol. The molecule has 0 aliphatic carbocycles. The third kappa shape index (κ3) is 2.27. The van der Waals surface area contributed by atoms with Crippen molar-refractivity contribution in [2.75, 3.05) is 12.3 Å². The van der Waals surface area contributed by atoms with Crippen molar-refractivity contribution in [3.8, 4) is 12.3 Å². The molecule has 3 heterocycles. The molecule has 1 aliphatic rings. The zero-order valence-corrected chi connectivity index (χ0v) is 11.9. The number of hydrogen-bond acceptors (Lipinski definition) is 8. The summed E-state index contributed by atoms with van der Waals surface area (Å²) in [4.78, 5) is 20.4. The molecule has 0 bridgehead atoms. The van der Waals surface area contributed by atoms with Crippen molar-refractivity contribution in [2.45, 2.75) is 31.1 Å². The molecule has 1 fully saturated rings. The van der Waals surface area contributed by atoms with E-state index < -0.39 is 36.8 Å². The molecule has 5 N–H and O–H groups in total. The van der Waals surface area contributed by atoms with Crippen molar-refractivity contribution < 1.29 is 20.1 Å². The van der Waals surface area contributed by atoms with Crippen LogP contribution in [-0.4, -0.2) is 59.3 Å². The lowest BCUT2D eigenvalue weighted by molar-refractivity contribution is -0.0527. The number of imidazole rings is 1. The molecule has 1 saturated heterocycles. The van der Waals surface area contributed by atoms with E-state index >= 15 is 0 Å². The van der Waals surface area contributed by atoms with Crippen LogP contribution < -0.4 is 11.4 Å². The first-order valence-corrected chi connectivity index (χ1v) is 6.78. The fourth-order valence-electron chi connectivity index (χ4n) is 2.64. The van der Waals surface area contributed by atoms with Gasteiger partial charge in [0.15, 0.2) is 11.9 Å². The Hall–Kier alpha value is -2.45. The summed E-state index contributed by atoms with van der Waals surface area (Å²) in [7, 11) is 0. The second-order valence-electron chi connectivity index (χ2n) is 5.11. The Bertz CT molecular complexity index is 838. The number of terminal acetylenes is 1. The van der Waals surface area contributed by atoms with E-state index in [2.05, 4.69) is 15.9 Å². The Morgan fingerprint density at radius 2 is 2.17 bits per heavy atom. The quantitative estimate of drug-likeness (QED) is 0.450. The second-order valence-corrected chi connectivity index (χ2v) is 5.11. The van der Waals surface area contributed by atoms with Crippen molar-refractivity contribution in [3.63, 3.8) is 0 Å². The zero-order valence-electron chi connectivity index (χ0n) is 11.9. The number of fused-ring (bicyclic) bond motifs is 1. The van der Waals surface area contributed by atoms with Gasteiger partial charge in [-0.15, -0.1) is 6.42 Å². The maximum Gasteiger partial charge on any atom is 0.333 e. The van der Waals surface area contributed by atoms with E-state index in [0.29, 0.717) is 5.52 Å². The van der Waals surface area contributed by atoms with E-state index in [-0.39, 0.29) is 18.1 Å². The SMILES string of the molecule is C#CCn1c(=O)n([C@@H]2O[C@H](CO)C(O)[C@@H]2O)c2nc(N)ncc21. The normalized spacial score (nSPS) is 27.4. The van der Waals surface area contributed by atoms with Crippen LogP contribution in [0.15, 0.2) is 11.0 Å². The molecule has 2 aromatic rings. The number of nitrogens with two attached hydrogens (primary N) is 1. The minimum absolute atomic E-state index is 0.0373. The average Bonchev–Trinajstić information content (AvgIpc) is 2.95. The molecule has 1 unspecified atom stereocenters. The van der Waals surface area contributed by atoms with Gasteiger partial charge in [0.2, 0.25) is 5.95 Å². The van der Waals surface area contributed by atoms with Crippen molar-refractivity contribution >= 4 is 17.1 Å². The summed E-state index contributed by atoms with van der Waals surface area (Å²) in [5, 5.41) is 29.2. The molecule has 0 radical (unpaired) electrons. The second kappa shape index (κ2) is 5.64. The molecule has 2 aromatic heterocycles. The van der Waals surface area contributed by atoms with Crippen LogP contribution in [0.2, 0.25) is 0 Å². The lowest BCUT2D eigenvalue weighted by Crippen LogP contribution is -2.36. The average molecular weight is 321 g/mol. The predicted octanol–water partition coefficient (Wildman–Crippen LogP) is -2.58. The van der Waals surface area contributed by atoms with Crippen molar-refractivity contribution in [1.29, 1.82) is 0 Å². The van der Waals surface area contributed by atoms with Crippen molar-refractivity contribution in [2.24, 2.45) is 0 Å². The number of aliphatic hydroxyl groups is 3. The van der Waals surface area contributed by atoms with Crippen LogP contribution >= 0.6 is 0 Å². The summed E-state index contributed by atoms with van der Waals surface area (Å²) in [6.45, 7) is -0.548. The van der Waals surface area contributed by atoms with Crippen LogP contribution in [0.25, 0.3) is 11.2 Å². The van der Waals surface area contributed by atoms with Gasteiger partial charge in [-0.05, 0) is 0 Å². The van der Waals surface area contributed by atoms with Gasteiger partial charge in [0, 0.05) is 0 Å². The van der Waals surface area contributed by atoms with Gasteiger partial charge < -0.3 is 25.8 Å². The fourth-order valence-corrected chi connectivity index (χ4v) is 2.64. The van der Waals surface area contributed by atoms with Crippen LogP contribution in [0.4, 0.5) is 5.95 Å². The standard InChI is InChI=1S/C13H15N5O5/c1-2-3-17-6-4-15-12(14)16-10(6)18(13(17)22)11-9(21)8(20)7(5-19)23-11/h1,4,7-9,11,19-21H,3,5H2,(H2,14,15,16)/t7-,8?,9+,11-/m1/s1. The van der Waals surface area contributed by atoms with Crippen LogP contribution in [0.3, 0.4) is 0 Å². The van der Waals surface area contributed by atoms with Crippen molar-refractivity contribution in [1.82, 2.24) is 19.1 Å². The summed E-state index contributed by atoms with van der Waals surface area (Å²) >= 11 is 0. The van der Waals surface area contributed by atoms with Gasteiger partial charge in [0.1, 0.15) is 23.8 Å². The van der Waals surface area contributed by atoms with E-state index in [1.807, 2.05) is 0 Å². The third-order valence-electron chi connectivity index (χ3n) is 3.75. The number of nitrogen functional groups attached to an aromatic ring is 1. The lowest BCUT2D eigenvalue weighted by Gasteiger charge is -2.15. The van der Waals surface area contributed by atoms with E-state index in [1.54, 1.807) is 0 Å². The van der Waals surface area contributed by atoms with Gasteiger partial charge in [-0.2, -0.15) is 4.98 Å². The Labute approximate surface area is 129 Å². The summed E-state index contributed by atoms with van der Waals surface area (Å²) < 4.78 is 7.66. The topological polar surface area (TPSA) is 149 Å². The van der Waals surface area contributed by atoms with Gasteiger partial charge >= 0.3 is 5.69 Å². The zero-order chi connectivity index (χ0) is 16.7. The molecule has 10 heteroatoms. The van der Waals surface area contributed by atoms with Crippen LogP contribution in [0.1, 0.15) is 6.23 Å². The molecule has 23 heavy (non-hydrogen) atoms. The molecular formula is C13H15N5O5. The molecule has 122 valence electrons. The highest BCUT2D eigenvalue weighted by Crippen LogP contribution is 2.30. The maximum absolute atomic E-state index is 12.6. The number of anilines is 1. The fraction of sp³-hybridized carbons (Fsp3) is 0.462. The predicted molar refractivity (Wildman–Crippen MR) is 78.0 cm³/mol. The van der Waals surface area contributed by atoms with Gasteiger partial charge in [0.25, 0.3) is 0 Å². The summed E-state index contributed by atoms with van der Waals surface area (Å²) in [6.07, 6.45) is 1.59. The van der Waals surface area contributed by atoms with E-state index in [1.165, 1.54) is 10.8 Å². The molecule has 0 amide bonds. The van der Waals surface area contributed by atoms with Gasteiger partial charge in [-0.1, -0.05) is 5.92 Å². The molecule has 0 aromatic carbocycles. The van der Waals surface area contributed by atoms with E-state index in [0.717, 1.165) is 4.57 Å². The van der Waals surface area contributed by atoms with Crippen LogP contribution in [0, 0.1) is 12.3 Å². The van der Waals surface area contributed by atoms with Gasteiger partial charge in [-0.3, -0.25) is 4.57 Å². The molecule has 3 rings (SSSR count). The highest BCUT2D eigenvalue weighted by molar-refractivity contribution is 5.72. The highest BCUT2D eigenvalue weighted by atomic mass is 16.6. The Kier molecular flexibility index (Phi) is 3.78. The number of aliphatic hydroxyl groups excluding tert-OH is 3. The summed E-state index contributed by atoms with van der Waals surface area (Å²) in [5.41, 5.74) is 5.41. The lowest BCUT2D eigenvalue weighted by atomic mass is 10.1. The number of hydrogen-bond donors (Lipinski definition) is 4. The van der Waals surface area contributed by atoms with Gasteiger partial charge in [0.05, 0.1) is 19.3 Å². The minimum atomic E-state index is -1.43. The Morgan fingerprint density at radius 3 is 2.78 bits per heavy atom. The van der Waals surface area contributed by atoms with Crippen molar-refractivity contribution in [3.05, 3.63) is 16.7 Å². The highest BCUT2D eigenvalue weighted by Gasteiger charge is 2.45. The summed E-state index contributed by atoms with van der Waals surface area (Å²) in [5.74, 6) is 2.27. The smallest absolute Gasteiger partial charge is 0.333 e. The first-order valence-electron chi connectivity index (χ1n) is 6.78.